The lowest BCUT2D eigenvalue weighted by Gasteiger charge is -2.13. The van der Waals surface area contributed by atoms with E-state index in [1.54, 1.807) is 16.8 Å². The minimum atomic E-state index is -0.0240. The van der Waals surface area contributed by atoms with Gasteiger partial charge in [0.1, 0.15) is 5.82 Å². The number of aromatic nitrogens is 3. The summed E-state index contributed by atoms with van der Waals surface area (Å²) in [5.74, 6) is 0.703. The SMILES string of the molecule is Cc1ccc(Nc2cc(-c3cccc(Cl)c3Cl)nc3c(Br)cnn23)cc1CO. The number of benzene rings is 2. The molecule has 0 radical (unpaired) electrons. The zero-order valence-corrected chi connectivity index (χ0v) is 17.8. The van der Waals surface area contributed by atoms with Crippen molar-refractivity contribution in [1.82, 2.24) is 14.6 Å². The summed E-state index contributed by atoms with van der Waals surface area (Å²) in [6.45, 7) is 1.94. The minimum Gasteiger partial charge on any atom is -0.392 e. The van der Waals surface area contributed by atoms with Crippen molar-refractivity contribution in [3.63, 3.8) is 0 Å². The zero-order chi connectivity index (χ0) is 19.8. The van der Waals surface area contributed by atoms with Crippen molar-refractivity contribution in [2.24, 2.45) is 0 Å². The highest BCUT2D eigenvalue weighted by atomic mass is 79.9. The number of aryl methyl sites for hydroxylation is 1. The fourth-order valence-electron chi connectivity index (χ4n) is 2.93. The first kappa shape index (κ1) is 19.2. The molecule has 0 unspecified atom stereocenters. The Balaban J connectivity index is 1.87. The standard InChI is InChI=1S/C20H15BrCl2N4O/c1-11-5-6-13(7-12(11)10-28)25-18-8-17(14-3-2-4-16(22)19(14)23)26-20-15(21)9-24-27(18)20/h2-9,25,28H,10H2,1H3. The van der Waals surface area contributed by atoms with Gasteiger partial charge < -0.3 is 10.4 Å². The smallest absolute Gasteiger partial charge is 0.172 e. The van der Waals surface area contributed by atoms with Gasteiger partial charge in [0.2, 0.25) is 0 Å². The highest BCUT2D eigenvalue weighted by molar-refractivity contribution is 9.10. The largest absolute Gasteiger partial charge is 0.392 e. The molecule has 0 aliphatic rings. The number of rotatable bonds is 4. The molecule has 142 valence electrons. The molecule has 2 aromatic heterocycles. The summed E-state index contributed by atoms with van der Waals surface area (Å²) in [6, 6.07) is 13.1. The maximum atomic E-state index is 9.54. The number of halogens is 3. The fraction of sp³-hybridized carbons (Fsp3) is 0.100. The second-order valence-electron chi connectivity index (χ2n) is 6.28. The van der Waals surface area contributed by atoms with Gasteiger partial charge in [-0.05, 0) is 52.2 Å². The summed E-state index contributed by atoms with van der Waals surface area (Å²) in [5, 5.41) is 18.2. The molecular formula is C20H15BrCl2N4O. The van der Waals surface area contributed by atoms with E-state index >= 15 is 0 Å². The summed E-state index contributed by atoms with van der Waals surface area (Å²) in [6.07, 6.45) is 1.69. The van der Waals surface area contributed by atoms with Crippen LogP contribution in [-0.4, -0.2) is 19.7 Å². The molecule has 0 amide bonds. The van der Waals surface area contributed by atoms with Crippen LogP contribution in [-0.2, 0) is 6.61 Å². The van der Waals surface area contributed by atoms with Crippen molar-refractivity contribution >= 4 is 56.3 Å². The van der Waals surface area contributed by atoms with E-state index in [0.29, 0.717) is 27.2 Å². The number of nitrogens with one attached hydrogen (secondary N) is 1. The maximum Gasteiger partial charge on any atom is 0.172 e. The number of fused-ring (bicyclic) bond motifs is 1. The van der Waals surface area contributed by atoms with E-state index < -0.39 is 0 Å². The molecule has 4 aromatic rings. The lowest BCUT2D eigenvalue weighted by molar-refractivity contribution is 0.281. The van der Waals surface area contributed by atoms with E-state index in [4.69, 9.17) is 23.2 Å². The summed E-state index contributed by atoms with van der Waals surface area (Å²) in [4.78, 5) is 4.69. The first-order valence-corrected chi connectivity index (χ1v) is 9.99. The van der Waals surface area contributed by atoms with E-state index in [-0.39, 0.29) is 6.61 Å². The molecule has 0 spiro atoms. The lowest BCUT2D eigenvalue weighted by atomic mass is 10.1. The Labute approximate surface area is 180 Å². The van der Waals surface area contributed by atoms with E-state index in [0.717, 1.165) is 26.9 Å². The van der Waals surface area contributed by atoms with Crippen LogP contribution in [0.5, 0.6) is 0 Å². The van der Waals surface area contributed by atoms with Crippen molar-refractivity contribution in [2.45, 2.75) is 13.5 Å². The van der Waals surface area contributed by atoms with Gasteiger partial charge in [-0.15, -0.1) is 0 Å². The van der Waals surface area contributed by atoms with Gasteiger partial charge in [-0.1, -0.05) is 41.4 Å². The van der Waals surface area contributed by atoms with Gasteiger partial charge in [-0.2, -0.15) is 9.61 Å². The normalized spacial score (nSPS) is 11.2. The van der Waals surface area contributed by atoms with Gasteiger partial charge >= 0.3 is 0 Å². The fourth-order valence-corrected chi connectivity index (χ4v) is 3.68. The van der Waals surface area contributed by atoms with Gasteiger partial charge in [0.15, 0.2) is 5.65 Å². The molecule has 28 heavy (non-hydrogen) atoms. The van der Waals surface area contributed by atoms with Crippen molar-refractivity contribution < 1.29 is 5.11 Å². The second-order valence-corrected chi connectivity index (χ2v) is 7.92. The first-order chi connectivity index (χ1) is 13.5. The van der Waals surface area contributed by atoms with Crippen LogP contribution >= 0.6 is 39.1 Å². The average molecular weight is 478 g/mol. The topological polar surface area (TPSA) is 62.5 Å². The molecule has 0 saturated heterocycles. The van der Waals surface area contributed by atoms with Crippen molar-refractivity contribution in [3.8, 4) is 11.3 Å². The molecule has 0 saturated carbocycles. The lowest BCUT2D eigenvalue weighted by Crippen LogP contribution is -2.03. The molecule has 4 rings (SSSR count). The van der Waals surface area contributed by atoms with Crippen LogP contribution in [0.25, 0.3) is 16.9 Å². The molecule has 8 heteroatoms. The third-order valence-corrected chi connectivity index (χ3v) is 5.83. The van der Waals surface area contributed by atoms with Gasteiger partial charge in [-0.25, -0.2) is 4.98 Å². The Morgan fingerprint density at radius 1 is 1.18 bits per heavy atom. The van der Waals surface area contributed by atoms with E-state index in [1.165, 1.54) is 0 Å². The predicted molar refractivity (Wildman–Crippen MR) is 117 cm³/mol. The molecule has 2 N–H and O–H groups in total. The number of hydrogen-bond acceptors (Lipinski definition) is 4. The number of hydrogen-bond donors (Lipinski definition) is 2. The third kappa shape index (κ3) is 3.49. The van der Waals surface area contributed by atoms with Gasteiger partial charge in [0.05, 0.1) is 33.0 Å². The monoisotopic (exact) mass is 476 g/mol. The van der Waals surface area contributed by atoms with Crippen LogP contribution in [0.15, 0.2) is 53.1 Å². The Hall–Kier alpha value is -2.12. The van der Waals surface area contributed by atoms with Crippen LogP contribution < -0.4 is 5.32 Å². The van der Waals surface area contributed by atoms with Gasteiger partial charge in [0, 0.05) is 17.3 Å². The van der Waals surface area contributed by atoms with Crippen LogP contribution in [0.1, 0.15) is 11.1 Å². The summed E-state index contributed by atoms with van der Waals surface area (Å²) in [7, 11) is 0. The Morgan fingerprint density at radius 3 is 2.79 bits per heavy atom. The predicted octanol–water partition coefficient (Wildman–Crippen LogP) is 6.01. The molecule has 0 aliphatic heterocycles. The van der Waals surface area contributed by atoms with E-state index in [1.807, 2.05) is 43.3 Å². The van der Waals surface area contributed by atoms with E-state index in [9.17, 15) is 5.11 Å². The molecule has 0 bridgehead atoms. The third-order valence-electron chi connectivity index (χ3n) is 4.45. The quantitative estimate of drug-likeness (QED) is 0.377. The summed E-state index contributed by atoms with van der Waals surface area (Å²) in [5.41, 5.74) is 4.75. The summed E-state index contributed by atoms with van der Waals surface area (Å²) < 4.78 is 2.46. The molecule has 2 aromatic carbocycles. The highest BCUT2D eigenvalue weighted by Gasteiger charge is 2.15. The average Bonchev–Trinajstić information content (AvgIpc) is 3.06. The Morgan fingerprint density at radius 2 is 2.00 bits per heavy atom. The highest BCUT2D eigenvalue weighted by Crippen LogP contribution is 2.35. The zero-order valence-electron chi connectivity index (χ0n) is 14.7. The van der Waals surface area contributed by atoms with E-state index in [2.05, 4.69) is 31.3 Å². The molecule has 5 nitrogen and oxygen atoms in total. The Bertz CT molecular complexity index is 1190. The molecule has 0 atom stereocenters. The van der Waals surface area contributed by atoms with Crippen LogP contribution in [0.4, 0.5) is 11.5 Å². The Kier molecular flexibility index (Phi) is 5.29. The van der Waals surface area contributed by atoms with Crippen LogP contribution in [0, 0.1) is 6.92 Å². The number of nitrogens with zero attached hydrogens (tertiary/aromatic N) is 3. The van der Waals surface area contributed by atoms with Crippen molar-refractivity contribution in [3.05, 3.63) is 74.3 Å². The molecule has 2 heterocycles. The van der Waals surface area contributed by atoms with Gasteiger partial charge in [0.25, 0.3) is 0 Å². The summed E-state index contributed by atoms with van der Waals surface area (Å²) >= 11 is 16.1. The maximum absolute atomic E-state index is 9.54. The number of anilines is 2. The van der Waals surface area contributed by atoms with Gasteiger partial charge in [-0.3, -0.25) is 0 Å². The van der Waals surface area contributed by atoms with Crippen LogP contribution in [0.2, 0.25) is 10.0 Å². The number of aliphatic hydroxyl groups excluding tert-OH is 1. The van der Waals surface area contributed by atoms with Crippen molar-refractivity contribution in [2.75, 3.05) is 5.32 Å². The number of aliphatic hydroxyl groups is 1. The van der Waals surface area contributed by atoms with Crippen molar-refractivity contribution in [1.29, 1.82) is 0 Å². The minimum absolute atomic E-state index is 0.0240. The molecule has 0 fully saturated rings. The van der Waals surface area contributed by atoms with Crippen LogP contribution in [0.3, 0.4) is 0 Å². The first-order valence-electron chi connectivity index (χ1n) is 8.44. The molecular weight excluding hydrogens is 463 g/mol. The molecule has 0 aliphatic carbocycles. The second kappa shape index (κ2) is 7.72.